The summed E-state index contributed by atoms with van der Waals surface area (Å²) >= 11 is 0. The van der Waals surface area contributed by atoms with Gasteiger partial charge in [-0.3, -0.25) is 0 Å². The maximum atomic E-state index is 6.66. The van der Waals surface area contributed by atoms with E-state index in [1.165, 1.54) is 33.4 Å². The zero-order valence-electron chi connectivity index (χ0n) is 26.4. The fraction of sp³-hybridized carbons (Fsp3) is 0.0909. The van der Waals surface area contributed by atoms with Gasteiger partial charge in [-0.15, -0.1) is 0 Å². The molecule has 6 aromatic carbocycles. The van der Waals surface area contributed by atoms with Crippen molar-refractivity contribution in [2.24, 2.45) is 5.73 Å². The Bertz CT molecular complexity index is 2090. The normalized spacial score (nSPS) is 15.9. The first-order valence-corrected chi connectivity index (χ1v) is 16.2. The second-order valence-electron chi connectivity index (χ2n) is 12.4. The summed E-state index contributed by atoms with van der Waals surface area (Å²) in [6.45, 7) is 2.61. The first kappa shape index (κ1) is 28.8. The molecule has 2 aliphatic heterocycles. The van der Waals surface area contributed by atoms with Gasteiger partial charge >= 0.3 is 0 Å². The number of ether oxygens (including phenoxy) is 1. The van der Waals surface area contributed by atoms with E-state index in [4.69, 9.17) is 10.5 Å². The Hall–Kier alpha value is -5.64. The van der Waals surface area contributed by atoms with Crippen LogP contribution in [0.2, 0.25) is 0 Å². The summed E-state index contributed by atoms with van der Waals surface area (Å²) < 4.78 is 6.66. The van der Waals surface area contributed by atoms with Crippen LogP contribution < -0.4 is 15.8 Å². The molecule has 0 aromatic heterocycles. The smallest absolute Gasteiger partial charge is 0.132 e. The van der Waals surface area contributed by atoms with Gasteiger partial charge in [-0.25, -0.2) is 0 Å². The van der Waals surface area contributed by atoms with E-state index in [1.807, 2.05) is 0 Å². The fourth-order valence-corrected chi connectivity index (χ4v) is 7.30. The van der Waals surface area contributed by atoms with Crippen LogP contribution in [0.25, 0.3) is 23.3 Å². The average molecular weight is 609 g/mol. The average Bonchev–Trinajstić information content (AvgIpc) is 3.14. The van der Waals surface area contributed by atoms with E-state index in [2.05, 4.69) is 176 Å². The van der Waals surface area contributed by atoms with Gasteiger partial charge in [0.15, 0.2) is 0 Å². The van der Waals surface area contributed by atoms with E-state index in [0.29, 0.717) is 6.54 Å². The molecule has 0 radical (unpaired) electrons. The van der Waals surface area contributed by atoms with Gasteiger partial charge < -0.3 is 15.8 Å². The van der Waals surface area contributed by atoms with E-state index in [1.54, 1.807) is 0 Å². The van der Waals surface area contributed by atoms with Crippen LogP contribution in [0.3, 0.4) is 0 Å². The van der Waals surface area contributed by atoms with Crippen LogP contribution in [-0.2, 0) is 5.41 Å². The van der Waals surface area contributed by atoms with Gasteiger partial charge in [0.2, 0.25) is 0 Å². The molecule has 228 valence electrons. The second-order valence-corrected chi connectivity index (χ2v) is 12.4. The third kappa shape index (κ3) is 4.88. The number of nitrogens with two attached hydrogens (primary N) is 1. The molecule has 3 N–H and O–H groups in total. The Morgan fingerprint density at radius 2 is 1.36 bits per heavy atom. The number of hydrogen-bond donors (Lipinski definition) is 2. The molecule has 47 heavy (non-hydrogen) atoms. The maximum Gasteiger partial charge on any atom is 0.132 e. The van der Waals surface area contributed by atoms with Crippen LogP contribution in [0.4, 0.5) is 5.69 Å². The largest absolute Gasteiger partial charge is 0.457 e. The first-order valence-electron chi connectivity index (χ1n) is 16.2. The summed E-state index contributed by atoms with van der Waals surface area (Å²) in [7, 11) is 0. The lowest BCUT2D eigenvalue weighted by molar-refractivity contribution is 0.434. The van der Waals surface area contributed by atoms with E-state index >= 15 is 0 Å². The Balaban J connectivity index is 1.31. The van der Waals surface area contributed by atoms with Crippen molar-refractivity contribution in [3.63, 3.8) is 0 Å². The van der Waals surface area contributed by atoms with Crippen LogP contribution in [0.5, 0.6) is 11.5 Å². The zero-order chi connectivity index (χ0) is 31.8. The summed E-state index contributed by atoms with van der Waals surface area (Å²) in [6, 6.07) is 51.8. The van der Waals surface area contributed by atoms with Crippen LogP contribution >= 0.6 is 0 Å². The molecule has 0 saturated carbocycles. The molecule has 3 heteroatoms. The van der Waals surface area contributed by atoms with Crippen LogP contribution in [0.1, 0.15) is 51.9 Å². The number of hydrogen-bond acceptors (Lipinski definition) is 3. The van der Waals surface area contributed by atoms with Crippen molar-refractivity contribution in [3.8, 4) is 22.6 Å². The van der Waals surface area contributed by atoms with Crippen molar-refractivity contribution in [1.29, 1.82) is 0 Å². The quantitative estimate of drug-likeness (QED) is 0.197. The third-order valence-corrected chi connectivity index (χ3v) is 9.52. The van der Waals surface area contributed by atoms with Crippen molar-refractivity contribution in [3.05, 3.63) is 196 Å². The predicted octanol–water partition coefficient (Wildman–Crippen LogP) is 10.4. The highest BCUT2D eigenvalue weighted by Crippen LogP contribution is 2.55. The number of rotatable bonds is 6. The maximum absolute atomic E-state index is 6.66. The molecule has 1 unspecified atom stereocenters. The predicted molar refractivity (Wildman–Crippen MR) is 195 cm³/mol. The summed E-state index contributed by atoms with van der Waals surface area (Å²) in [6.07, 6.45) is 6.72. The van der Waals surface area contributed by atoms with E-state index in [9.17, 15) is 0 Å². The van der Waals surface area contributed by atoms with E-state index in [0.717, 1.165) is 39.4 Å². The number of fused-ring (bicyclic) bond motifs is 3. The minimum absolute atomic E-state index is 0.0495. The van der Waals surface area contributed by atoms with Crippen molar-refractivity contribution in [2.75, 3.05) is 11.9 Å². The molecule has 1 atom stereocenters. The lowest BCUT2D eigenvalue weighted by Crippen LogP contribution is -2.34. The molecular weight excluding hydrogens is 572 g/mol. The summed E-state index contributed by atoms with van der Waals surface area (Å²) in [5, 5.41) is 3.96. The zero-order valence-corrected chi connectivity index (χ0v) is 26.4. The summed E-state index contributed by atoms with van der Waals surface area (Å²) in [5.74, 6) is 1.75. The topological polar surface area (TPSA) is 47.3 Å². The molecule has 0 bridgehead atoms. The minimum atomic E-state index is -0.564. The van der Waals surface area contributed by atoms with Gasteiger partial charge in [-0.05, 0) is 58.5 Å². The van der Waals surface area contributed by atoms with Gasteiger partial charge in [-0.1, -0.05) is 151 Å². The molecule has 0 fully saturated rings. The van der Waals surface area contributed by atoms with Gasteiger partial charge in [0, 0.05) is 23.2 Å². The third-order valence-electron chi connectivity index (χ3n) is 9.52. The number of para-hydroxylation sites is 1. The highest BCUT2D eigenvalue weighted by Gasteiger charge is 2.45. The lowest BCUT2D eigenvalue weighted by Gasteiger charge is -2.42. The fourth-order valence-electron chi connectivity index (χ4n) is 7.30. The van der Waals surface area contributed by atoms with Gasteiger partial charge in [0.1, 0.15) is 11.5 Å². The summed E-state index contributed by atoms with van der Waals surface area (Å²) in [4.78, 5) is 0. The molecular formula is C44H36N2O. The number of nitrogens with one attached hydrogen (secondary N) is 1. The highest BCUT2D eigenvalue weighted by molar-refractivity contribution is 5.92. The number of benzene rings is 6. The standard InChI is InChI=1S/C44H36N2O/c1-30(29-45)27-34-22-21-32-23-25-39(46-43(32)42(34)31-13-5-2-6-14-31)33-24-26-41-38(28-33)44(35-15-7-3-8-16-35,36-17-9-4-10-18-36)37-19-11-12-20-40(37)47-41/h2-28,39,46H,29,45H2,1H3/b30-27+. The molecule has 2 heterocycles. The van der Waals surface area contributed by atoms with Crippen LogP contribution in [-0.4, -0.2) is 6.54 Å². The van der Waals surface area contributed by atoms with Gasteiger partial charge in [-0.2, -0.15) is 0 Å². The van der Waals surface area contributed by atoms with E-state index < -0.39 is 5.41 Å². The van der Waals surface area contributed by atoms with Gasteiger partial charge in [0.05, 0.1) is 17.1 Å². The molecule has 0 spiro atoms. The van der Waals surface area contributed by atoms with Gasteiger partial charge in [0.25, 0.3) is 0 Å². The molecule has 0 saturated heterocycles. The minimum Gasteiger partial charge on any atom is -0.457 e. The summed E-state index contributed by atoms with van der Waals surface area (Å²) in [5.41, 5.74) is 18.3. The Morgan fingerprint density at radius 1 is 0.723 bits per heavy atom. The van der Waals surface area contributed by atoms with Crippen LogP contribution in [0, 0.1) is 0 Å². The van der Waals surface area contributed by atoms with Crippen LogP contribution in [0.15, 0.2) is 157 Å². The van der Waals surface area contributed by atoms with E-state index in [-0.39, 0.29) is 6.04 Å². The number of anilines is 1. The monoisotopic (exact) mass is 608 g/mol. The lowest BCUT2D eigenvalue weighted by atomic mass is 9.63. The van der Waals surface area contributed by atoms with Crippen molar-refractivity contribution >= 4 is 17.8 Å². The Kier molecular flexibility index (Phi) is 7.32. The van der Waals surface area contributed by atoms with Crippen molar-refractivity contribution in [2.45, 2.75) is 18.4 Å². The molecule has 8 rings (SSSR count). The molecule has 3 nitrogen and oxygen atoms in total. The first-order chi connectivity index (χ1) is 23.2. The SMILES string of the molecule is C/C(=C\c1ccc2c(c1-c1ccccc1)NC(c1ccc3c(c1)C(c1ccccc1)(c1ccccc1)c1ccccc1O3)C=C2)CN. The molecule has 2 aliphatic rings. The second kappa shape index (κ2) is 11.9. The molecule has 0 amide bonds. The molecule has 6 aromatic rings. The molecule has 0 aliphatic carbocycles. The van der Waals surface area contributed by atoms with Crippen molar-refractivity contribution in [1.82, 2.24) is 0 Å². The Labute approximate surface area is 276 Å². The highest BCUT2D eigenvalue weighted by atomic mass is 16.5. The Morgan fingerprint density at radius 3 is 2.06 bits per heavy atom. The van der Waals surface area contributed by atoms with Crippen molar-refractivity contribution < 1.29 is 4.74 Å².